The van der Waals surface area contributed by atoms with E-state index < -0.39 is 6.04 Å². The van der Waals surface area contributed by atoms with E-state index in [0.717, 1.165) is 11.1 Å². The largest absolute Gasteiger partial charge is 0.459 e. The molecular weight excluding hydrogens is 154 g/mol. The van der Waals surface area contributed by atoms with E-state index in [0.29, 0.717) is 6.61 Å². The molecule has 0 aromatic heterocycles. The van der Waals surface area contributed by atoms with E-state index in [1.807, 2.05) is 24.3 Å². The van der Waals surface area contributed by atoms with Crippen molar-refractivity contribution in [1.82, 2.24) is 0 Å². The van der Waals surface area contributed by atoms with Crippen molar-refractivity contribution in [1.29, 1.82) is 0 Å². The van der Waals surface area contributed by atoms with E-state index >= 15 is 0 Å². The van der Waals surface area contributed by atoms with Gasteiger partial charge in [0.25, 0.3) is 0 Å². The van der Waals surface area contributed by atoms with Crippen LogP contribution in [0.25, 0.3) is 0 Å². The highest BCUT2D eigenvalue weighted by atomic mass is 16.5. The molecule has 0 saturated heterocycles. The third-order valence-electron chi connectivity index (χ3n) is 2.01. The zero-order valence-electron chi connectivity index (χ0n) is 6.49. The molecule has 1 atom stereocenters. The minimum Gasteiger partial charge on any atom is -0.459 e. The standard InChI is InChI=1S/C9H9NO2/c10-8-7-4-2-1-3-6(7)5-12-9(8)11/h1-4,8H,5,10H2. The Morgan fingerprint density at radius 2 is 2.17 bits per heavy atom. The maximum Gasteiger partial charge on any atom is 0.327 e. The van der Waals surface area contributed by atoms with Gasteiger partial charge in [0.2, 0.25) is 0 Å². The molecule has 1 aromatic carbocycles. The van der Waals surface area contributed by atoms with Crippen LogP contribution in [0.3, 0.4) is 0 Å². The van der Waals surface area contributed by atoms with Gasteiger partial charge in [0, 0.05) is 0 Å². The first kappa shape index (κ1) is 7.31. The van der Waals surface area contributed by atoms with Crippen LogP contribution in [0.4, 0.5) is 0 Å². The van der Waals surface area contributed by atoms with E-state index in [9.17, 15) is 4.79 Å². The molecule has 0 amide bonds. The summed E-state index contributed by atoms with van der Waals surface area (Å²) in [4.78, 5) is 11.0. The number of benzene rings is 1. The summed E-state index contributed by atoms with van der Waals surface area (Å²) >= 11 is 0. The Morgan fingerprint density at radius 1 is 1.42 bits per heavy atom. The fraction of sp³-hybridized carbons (Fsp3) is 0.222. The molecule has 0 fully saturated rings. The lowest BCUT2D eigenvalue weighted by atomic mass is 9.99. The Kier molecular flexibility index (Phi) is 1.59. The number of carbonyl (C=O) groups excluding carboxylic acids is 1. The lowest BCUT2D eigenvalue weighted by Crippen LogP contribution is -2.28. The number of hydrogen-bond donors (Lipinski definition) is 1. The van der Waals surface area contributed by atoms with Crippen molar-refractivity contribution in [3.63, 3.8) is 0 Å². The van der Waals surface area contributed by atoms with Crippen LogP contribution in [0.1, 0.15) is 17.2 Å². The first-order chi connectivity index (χ1) is 5.79. The van der Waals surface area contributed by atoms with Crippen molar-refractivity contribution < 1.29 is 9.53 Å². The van der Waals surface area contributed by atoms with E-state index in [4.69, 9.17) is 10.5 Å². The van der Waals surface area contributed by atoms with E-state index in [-0.39, 0.29) is 5.97 Å². The Balaban J connectivity index is 2.48. The molecule has 0 spiro atoms. The van der Waals surface area contributed by atoms with Gasteiger partial charge >= 0.3 is 5.97 Å². The molecule has 3 heteroatoms. The molecule has 0 aliphatic carbocycles. The number of esters is 1. The predicted octanol–water partition coefficient (Wildman–Crippen LogP) is 0.743. The molecule has 62 valence electrons. The monoisotopic (exact) mass is 163 g/mol. The van der Waals surface area contributed by atoms with Crippen LogP contribution in [0.2, 0.25) is 0 Å². The van der Waals surface area contributed by atoms with Crippen LogP contribution < -0.4 is 5.73 Å². The SMILES string of the molecule is NC1C(=O)OCc2ccccc21. The lowest BCUT2D eigenvalue weighted by Gasteiger charge is -2.20. The highest BCUT2D eigenvalue weighted by Gasteiger charge is 2.24. The third kappa shape index (κ3) is 0.987. The topological polar surface area (TPSA) is 52.3 Å². The number of hydrogen-bond acceptors (Lipinski definition) is 3. The van der Waals surface area contributed by atoms with Crippen LogP contribution in [-0.4, -0.2) is 5.97 Å². The molecule has 12 heavy (non-hydrogen) atoms. The Morgan fingerprint density at radius 3 is 3.00 bits per heavy atom. The van der Waals surface area contributed by atoms with Crippen LogP contribution in [0, 0.1) is 0 Å². The number of rotatable bonds is 0. The molecule has 1 aromatic rings. The average molecular weight is 163 g/mol. The molecule has 1 unspecified atom stereocenters. The number of nitrogens with two attached hydrogens (primary N) is 1. The molecule has 1 aliphatic heterocycles. The van der Waals surface area contributed by atoms with Crippen LogP contribution >= 0.6 is 0 Å². The summed E-state index contributed by atoms with van der Waals surface area (Å²) in [6.45, 7) is 0.350. The fourth-order valence-corrected chi connectivity index (χ4v) is 1.33. The lowest BCUT2D eigenvalue weighted by molar-refractivity contribution is -0.148. The van der Waals surface area contributed by atoms with Crippen molar-refractivity contribution >= 4 is 5.97 Å². The van der Waals surface area contributed by atoms with Crippen LogP contribution in [0.5, 0.6) is 0 Å². The third-order valence-corrected chi connectivity index (χ3v) is 2.01. The maximum atomic E-state index is 11.0. The Labute approximate surface area is 70.1 Å². The quantitative estimate of drug-likeness (QED) is 0.574. The Bertz CT molecular complexity index is 322. The minimum absolute atomic E-state index is 0.339. The summed E-state index contributed by atoms with van der Waals surface area (Å²) < 4.78 is 4.85. The summed E-state index contributed by atoms with van der Waals surface area (Å²) in [5, 5.41) is 0. The highest BCUT2D eigenvalue weighted by molar-refractivity contribution is 5.79. The average Bonchev–Trinajstić information content (AvgIpc) is 2.12. The molecule has 0 saturated carbocycles. The summed E-state index contributed by atoms with van der Waals surface area (Å²) in [6.07, 6.45) is 0. The maximum absolute atomic E-state index is 11.0. The van der Waals surface area contributed by atoms with Crippen molar-refractivity contribution in [2.75, 3.05) is 0 Å². The second-order valence-electron chi connectivity index (χ2n) is 2.78. The van der Waals surface area contributed by atoms with E-state index in [2.05, 4.69) is 0 Å². The summed E-state index contributed by atoms with van der Waals surface area (Å²) in [5.74, 6) is -0.339. The number of fused-ring (bicyclic) bond motifs is 1. The van der Waals surface area contributed by atoms with Gasteiger partial charge < -0.3 is 10.5 Å². The van der Waals surface area contributed by atoms with Gasteiger partial charge in [-0.2, -0.15) is 0 Å². The van der Waals surface area contributed by atoms with Gasteiger partial charge in [0.1, 0.15) is 12.6 Å². The summed E-state index contributed by atoms with van der Waals surface area (Å²) in [7, 11) is 0. The van der Waals surface area contributed by atoms with E-state index in [1.54, 1.807) is 0 Å². The van der Waals surface area contributed by atoms with Crippen molar-refractivity contribution in [2.45, 2.75) is 12.6 Å². The predicted molar refractivity (Wildman–Crippen MR) is 43.2 cm³/mol. The Hall–Kier alpha value is -1.35. The molecule has 0 radical (unpaired) electrons. The number of carbonyl (C=O) groups is 1. The molecule has 2 N–H and O–H groups in total. The van der Waals surface area contributed by atoms with Crippen LogP contribution in [-0.2, 0) is 16.1 Å². The molecule has 1 aliphatic rings. The second-order valence-corrected chi connectivity index (χ2v) is 2.78. The van der Waals surface area contributed by atoms with Gasteiger partial charge in [-0.3, -0.25) is 0 Å². The smallest absolute Gasteiger partial charge is 0.327 e. The minimum atomic E-state index is -0.602. The van der Waals surface area contributed by atoms with Gasteiger partial charge in [-0.05, 0) is 11.1 Å². The number of ether oxygens (including phenoxy) is 1. The van der Waals surface area contributed by atoms with Crippen molar-refractivity contribution in [3.05, 3.63) is 35.4 Å². The zero-order chi connectivity index (χ0) is 8.55. The summed E-state index contributed by atoms with van der Waals surface area (Å²) in [5.41, 5.74) is 7.50. The van der Waals surface area contributed by atoms with Gasteiger partial charge in [0.15, 0.2) is 0 Å². The molecule has 1 heterocycles. The van der Waals surface area contributed by atoms with Crippen molar-refractivity contribution in [3.8, 4) is 0 Å². The molecule has 0 bridgehead atoms. The van der Waals surface area contributed by atoms with Gasteiger partial charge in [-0.25, -0.2) is 4.79 Å². The van der Waals surface area contributed by atoms with E-state index in [1.165, 1.54) is 0 Å². The normalized spacial score (nSPS) is 21.4. The first-order valence-electron chi connectivity index (χ1n) is 3.79. The highest BCUT2D eigenvalue weighted by Crippen LogP contribution is 2.22. The van der Waals surface area contributed by atoms with Crippen LogP contribution in [0.15, 0.2) is 24.3 Å². The summed E-state index contributed by atoms with van der Waals surface area (Å²) in [6, 6.07) is 6.96. The second kappa shape index (κ2) is 2.60. The molecule has 3 nitrogen and oxygen atoms in total. The first-order valence-corrected chi connectivity index (χ1v) is 3.79. The zero-order valence-corrected chi connectivity index (χ0v) is 6.49. The van der Waals surface area contributed by atoms with Crippen molar-refractivity contribution in [2.24, 2.45) is 5.73 Å². The number of cyclic esters (lactones) is 1. The van der Waals surface area contributed by atoms with Gasteiger partial charge in [-0.1, -0.05) is 24.3 Å². The molecule has 2 rings (SSSR count). The molecular formula is C9H9NO2. The van der Waals surface area contributed by atoms with Gasteiger partial charge in [-0.15, -0.1) is 0 Å². The van der Waals surface area contributed by atoms with Gasteiger partial charge in [0.05, 0.1) is 0 Å². The fourth-order valence-electron chi connectivity index (χ4n) is 1.33.